The molecule has 29 heavy (non-hydrogen) atoms. The normalized spacial score (nSPS) is 15.8. The van der Waals surface area contributed by atoms with Crippen molar-refractivity contribution in [3.8, 4) is 11.3 Å². The molecule has 0 saturated heterocycles. The summed E-state index contributed by atoms with van der Waals surface area (Å²) in [7, 11) is 1.74. The predicted octanol–water partition coefficient (Wildman–Crippen LogP) is 6.00. The highest BCUT2D eigenvalue weighted by molar-refractivity contribution is 5.64. The fraction of sp³-hybridized carbons (Fsp3) is 0.308. The van der Waals surface area contributed by atoms with Gasteiger partial charge in [-0.15, -0.1) is 0 Å². The van der Waals surface area contributed by atoms with Crippen molar-refractivity contribution in [3.63, 3.8) is 0 Å². The highest BCUT2D eigenvalue weighted by Gasteiger charge is 2.17. The first-order chi connectivity index (χ1) is 14.2. The van der Waals surface area contributed by atoms with Crippen LogP contribution in [0, 0.1) is 0 Å². The van der Waals surface area contributed by atoms with Crippen LogP contribution in [0.15, 0.2) is 79.1 Å². The van der Waals surface area contributed by atoms with Crippen LogP contribution in [0.5, 0.6) is 0 Å². The first-order valence-electron chi connectivity index (χ1n) is 10.4. The molecule has 3 rings (SSSR count). The quantitative estimate of drug-likeness (QED) is 0.496. The standard InChI is InChI=1S/C26H30N2O/c1-4-20-9-8-10-22(15-12-20)26-25(23-16-13-21(5-2)14-17-23)27-19-24(28-26)11-6-7-18-29-3/h4,8-10,12-17,19,22H,1,5-7,11,18H2,2-3H3. The van der Waals surface area contributed by atoms with E-state index in [1.54, 1.807) is 7.11 Å². The zero-order valence-electron chi connectivity index (χ0n) is 17.5. The average molecular weight is 387 g/mol. The Hall–Kier alpha value is -2.78. The molecule has 0 spiro atoms. The molecule has 0 fully saturated rings. The molecule has 3 nitrogen and oxygen atoms in total. The van der Waals surface area contributed by atoms with Crippen LogP contribution in [0.25, 0.3) is 11.3 Å². The fourth-order valence-corrected chi connectivity index (χ4v) is 3.41. The third-order valence-corrected chi connectivity index (χ3v) is 5.17. The number of methoxy groups -OCH3 is 1. The molecular formula is C26H30N2O. The molecule has 0 radical (unpaired) electrons. The Morgan fingerprint density at radius 2 is 1.97 bits per heavy atom. The molecule has 1 aliphatic carbocycles. The van der Waals surface area contributed by atoms with Crippen LogP contribution in [0.3, 0.4) is 0 Å². The highest BCUT2D eigenvalue weighted by Crippen LogP contribution is 2.30. The third kappa shape index (κ3) is 5.61. The van der Waals surface area contributed by atoms with Crippen LogP contribution in [0.1, 0.15) is 42.6 Å². The number of rotatable bonds is 9. The summed E-state index contributed by atoms with van der Waals surface area (Å²) in [6, 6.07) is 8.66. The lowest BCUT2D eigenvalue weighted by molar-refractivity contribution is 0.193. The summed E-state index contributed by atoms with van der Waals surface area (Å²) in [4.78, 5) is 9.90. The minimum absolute atomic E-state index is 0.0796. The summed E-state index contributed by atoms with van der Waals surface area (Å²) < 4.78 is 5.16. The number of allylic oxidation sites excluding steroid dienone is 7. The molecule has 0 aliphatic heterocycles. The summed E-state index contributed by atoms with van der Waals surface area (Å²) in [5.41, 5.74) is 6.53. The van der Waals surface area contributed by atoms with E-state index < -0.39 is 0 Å². The van der Waals surface area contributed by atoms with Gasteiger partial charge in [-0.05, 0) is 36.8 Å². The van der Waals surface area contributed by atoms with Crippen molar-refractivity contribution in [2.24, 2.45) is 0 Å². The second-order valence-electron chi connectivity index (χ2n) is 7.24. The molecule has 1 atom stereocenters. The van der Waals surface area contributed by atoms with Gasteiger partial charge < -0.3 is 4.74 Å². The number of benzene rings is 1. The zero-order chi connectivity index (χ0) is 20.5. The van der Waals surface area contributed by atoms with Crippen molar-refractivity contribution in [2.75, 3.05) is 13.7 Å². The topological polar surface area (TPSA) is 35.0 Å². The van der Waals surface area contributed by atoms with Crippen molar-refractivity contribution >= 4 is 0 Å². The number of unbranched alkanes of at least 4 members (excludes halogenated alkanes) is 1. The van der Waals surface area contributed by atoms with Gasteiger partial charge in [-0.3, -0.25) is 9.97 Å². The number of ether oxygens (including phenoxy) is 1. The lowest BCUT2D eigenvalue weighted by Gasteiger charge is -2.15. The van der Waals surface area contributed by atoms with Crippen LogP contribution in [0.4, 0.5) is 0 Å². The molecule has 0 saturated carbocycles. The maximum atomic E-state index is 5.16. The summed E-state index contributed by atoms with van der Waals surface area (Å²) in [5.74, 6) is 0.0796. The minimum atomic E-state index is 0.0796. The van der Waals surface area contributed by atoms with Crippen LogP contribution < -0.4 is 0 Å². The van der Waals surface area contributed by atoms with Crippen molar-refractivity contribution < 1.29 is 4.74 Å². The molecule has 1 heterocycles. The molecule has 0 bridgehead atoms. The van der Waals surface area contributed by atoms with Gasteiger partial charge in [-0.2, -0.15) is 0 Å². The molecule has 1 aliphatic rings. The number of hydrogen-bond donors (Lipinski definition) is 0. The molecule has 0 amide bonds. The highest BCUT2D eigenvalue weighted by atomic mass is 16.5. The van der Waals surface area contributed by atoms with Crippen LogP contribution >= 0.6 is 0 Å². The van der Waals surface area contributed by atoms with Gasteiger partial charge in [-0.25, -0.2) is 0 Å². The summed E-state index contributed by atoms with van der Waals surface area (Å²) in [5, 5.41) is 0. The fourth-order valence-electron chi connectivity index (χ4n) is 3.41. The second-order valence-corrected chi connectivity index (χ2v) is 7.24. The second kappa shape index (κ2) is 10.7. The van der Waals surface area contributed by atoms with Crippen molar-refractivity contribution in [1.29, 1.82) is 0 Å². The lowest BCUT2D eigenvalue weighted by Crippen LogP contribution is -2.05. The van der Waals surface area contributed by atoms with Gasteiger partial charge in [0.1, 0.15) is 0 Å². The minimum Gasteiger partial charge on any atom is -0.385 e. The number of hydrogen-bond acceptors (Lipinski definition) is 3. The van der Waals surface area contributed by atoms with Gasteiger partial charge in [0.2, 0.25) is 0 Å². The summed E-state index contributed by atoms with van der Waals surface area (Å²) >= 11 is 0. The largest absolute Gasteiger partial charge is 0.385 e. The van der Waals surface area contributed by atoms with Gasteiger partial charge in [-0.1, -0.05) is 74.2 Å². The number of aryl methyl sites for hydroxylation is 2. The Kier molecular flexibility index (Phi) is 7.71. The van der Waals surface area contributed by atoms with E-state index in [9.17, 15) is 0 Å². The Morgan fingerprint density at radius 1 is 1.14 bits per heavy atom. The molecule has 0 N–H and O–H groups in total. The van der Waals surface area contributed by atoms with Crippen LogP contribution in [-0.4, -0.2) is 23.7 Å². The van der Waals surface area contributed by atoms with Crippen molar-refractivity contribution in [2.45, 2.75) is 38.5 Å². The van der Waals surface area contributed by atoms with Crippen LogP contribution in [0.2, 0.25) is 0 Å². The molecule has 150 valence electrons. The van der Waals surface area contributed by atoms with Gasteiger partial charge in [0.25, 0.3) is 0 Å². The molecule has 3 heteroatoms. The van der Waals surface area contributed by atoms with Gasteiger partial charge >= 0.3 is 0 Å². The van der Waals surface area contributed by atoms with Gasteiger partial charge in [0.05, 0.1) is 17.1 Å². The number of nitrogens with zero attached hydrogens (tertiary/aromatic N) is 2. The van der Waals surface area contributed by atoms with Crippen molar-refractivity contribution in [3.05, 3.63) is 96.0 Å². The summed E-state index contributed by atoms with van der Waals surface area (Å²) in [6.45, 7) is 6.83. The molecule has 1 aromatic carbocycles. The average Bonchev–Trinajstić information content (AvgIpc) is 3.02. The first kappa shape index (κ1) is 20.9. The summed E-state index contributed by atoms with van der Waals surface area (Å²) in [6.07, 6.45) is 18.4. The smallest absolute Gasteiger partial charge is 0.0926 e. The van der Waals surface area contributed by atoms with E-state index >= 15 is 0 Å². The van der Waals surface area contributed by atoms with E-state index in [0.717, 1.165) is 60.5 Å². The zero-order valence-corrected chi connectivity index (χ0v) is 17.5. The SMILES string of the molecule is C=CC1=CC=CC(c2nc(CCCCOC)cnc2-c2ccc(CC)cc2)C=C1. The van der Waals surface area contributed by atoms with E-state index in [2.05, 4.69) is 68.1 Å². The molecule has 1 aromatic heterocycles. The van der Waals surface area contributed by atoms with E-state index in [4.69, 9.17) is 14.7 Å². The van der Waals surface area contributed by atoms with Gasteiger partial charge in [0.15, 0.2) is 0 Å². The number of aromatic nitrogens is 2. The maximum Gasteiger partial charge on any atom is 0.0926 e. The Labute approximate surface area is 174 Å². The van der Waals surface area contributed by atoms with Crippen molar-refractivity contribution in [1.82, 2.24) is 9.97 Å². The Bertz CT molecular complexity index is 907. The Morgan fingerprint density at radius 3 is 2.69 bits per heavy atom. The van der Waals surface area contributed by atoms with Gasteiger partial charge in [0, 0.05) is 31.4 Å². The van der Waals surface area contributed by atoms with E-state index in [1.165, 1.54) is 5.56 Å². The van der Waals surface area contributed by atoms with E-state index in [0.29, 0.717) is 0 Å². The predicted molar refractivity (Wildman–Crippen MR) is 121 cm³/mol. The van der Waals surface area contributed by atoms with Crippen LogP contribution in [-0.2, 0) is 17.6 Å². The first-order valence-corrected chi connectivity index (χ1v) is 10.4. The van der Waals surface area contributed by atoms with E-state index in [1.807, 2.05) is 12.3 Å². The molecule has 2 aromatic rings. The monoisotopic (exact) mass is 386 g/mol. The third-order valence-electron chi connectivity index (χ3n) is 5.17. The molecule has 1 unspecified atom stereocenters. The maximum absolute atomic E-state index is 5.16. The Balaban J connectivity index is 1.95. The van der Waals surface area contributed by atoms with E-state index in [-0.39, 0.29) is 5.92 Å². The molecular weight excluding hydrogens is 356 g/mol. The lowest BCUT2D eigenvalue weighted by atomic mass is 9.97.